The first-order chi connectivity index (χ1) is 11.8. The second-order valence-corrected chi connectivity index (χ2v) is 6.48. The van der Waals surface area contributed by atoms with Crippen molar-refractivity contribution in [2.45, 2.75) is 0 Å². The number of thiophene rings is 1. The Morgan fingerprint density at radius 1 is 1.00 bits per heavy atom. The Bertz CT molecular complexity index is 1180. The fourth-order valence-electron chi connectivity index (χ4n) is 2.78. The van der Waals surface area contributed by atoms with E-state index in [4.69, 9.17) is 4.98 Å². The van der Waals surface area contributed by atoms with Crippen LogP contribution in [0.15, 0.2) is 54.6 Å². The Hall–Kier alpha value is -3.06. The van der Waals surface area contributed by atoms with Gasteiger partial charge in [-0.05, 0) is 12.1 Å². The number of hydrogen-bond donors (Lipinski definition) is 0. The first-order valence-corrected chi connectivity index (χ1v) is 8.33. The SMILES string of the molecule is Cn1cc(-c2ccc3scc(-c4cnc5ccnn5c4)c3n2)cn1. The average molecular weight is 332 g/mol. The molecule has 0 saturated carbocycles. The Morgan fingerprint density at radius 3 is 2.83 bits per heavy atom. The maximum Gasteiger partial charge on any atom is 0.154 e. The molecule has 0 aromatic carbocycles. The lowest BCUT2D eigenvalue weighted by molar-refractivity contribution is 0.768. The molecular formula is C17H12N6S. The van der Waals surface area contributed by atoms with Gasteiger partial charge < -0.3 is 0 Å². The zero-order valence-electron chi connectivity index (χ0n) is 12.8. The second kappa shape index (κ2) is 4.97. The van der Waals surface area contributed by atoms with Gasteiger partial charge in [0.2, 0.25) is 0 Å². The molecule has 7 heteroatoms. The molecule has 0 fully saturated rings. The van der Waals surface area contributed by atoms with Crippen LogP contribution in [0, 0.1) is 0 Å². The van der Waals surface area contributed by atoms with E-state index in [0.717, 1.165) is 38.2 Å². The Labute approximate surface area is 141 Å². The van der Waals surface area contributed by atoms with E-state index in [2.05, 4.69) is 26.6 Å². The number of fused-ring (bicyclic) bond motifs is 2. The smallest absolute Gasteiger partial charge is 0.154 e. The van der Waals surface area contributed by atoms with Gasteiger partial charge in [0.05, 0.1) is 28.3 Å². The summed E-state index contributed by atoms with van der Waals surface area (Å²) in [5.74, 6) is 0. The lowest BCUT2D eigenvalue weighted by atomic mass is 10.1. The monoisotopic (exact) mass is 332 g/mol. The highest BCUT2D eigenvalue weighted by molar-refractivity contribution is 7.17. The molecule has 0 aliphatic rings. The van der Waals surface area contributed by atoms with Crippen molar-refractivity contribution in [2.75, 3.05) is 0 Å². The van der Waals surface area contributed by atoms with Gasteiger partial charge in [0.15, 0.2) is 5.65 Å². The average Bonchev–Trinajstić information content (AvgIpc) is 3.32. The molecule has 0 unspecified atom stereocenters. The van der Waals surface area contributed by atoms with Crippen molar-refractivity contribution < 1.29 is 0 Å². The molecule has 0 amide bonds. The molecule has 6 nitrogen and oxygen atoms in total. The Morgan fingerprint density at radius 2 is 1.96 bits per heavy atom. The summed E-state index contributed by atoms with van der Waals surface area (Å²) in [5, 5.41) is 10.6. The molecule has 116 valence electrons. The van der Waals surface area contributed by atoms with Crippen molar-refractivity contribution in [1.29, 1.82) is 0 Å². The predicted molar refractivity (Wildman–Crippen MR) is 93.8 cm³/mol. The van der Waals surface area contributed by atoms with Gasteiger partial charge >= 0.3 is 0 Å². The summed E-state index contributed by atoms with van der Waals surface area (Å²) in [6.07, 6.45) is 9.41. The van der Waals surface area contributed by atoms with Crippen LogP contribution >= 0.6 is 11.3 Å². The van der Waals surface area contributed by atoms with E-state index in [1.165, 1.54) is 0 Å². The molecule has 5 rings (SSSR count). The summed E-state index contributed by atoms with van der Waals surface area (Å²) in [6, 6.07) is 6.03. The van der Waals surface area contributed by atoms with E-state index in [-0.39, 0.29) is 0 Å². The lowest BCUT2D eigenvalue weighted by Crippen LogP contribution is -1.91. The summed E-state index contributed by atoms with van der Waals surface area (Å²) in [7, 11) is 1.91. The van der Waals surface area contributed by atoms with Crippen molar-refractivity contribution in [2.24, 2.45) is 7.05 Å². The van der Waals surface area contributed by atoms with Crippen LogP contribution in [0.5, 0.6) is 0 Å². The van der Waals surface area contributed by atoms with Gasteiger partial charge in [0.1, 0.15) is 0 Å². The molecule has 0 aliphatic heterocycles. The Balaban J connectivity index is 1.70. The van der Waals surface area contributed by atoms with Gasteiger partial charge in [-0.1, -0.05) is 0 Å². The summed E-state index contributed by atoms with van der Waals surface area (Å²) < 4.78 is 4.72. The van der Waals surface area contributed by atoms with Gasteiger partial charge in [-0.25, -0.2) is 14.5 Å². The molecule has 0 N–H and O–H groups in total. The number of aromatic nitrogens is 6. The third-order valence-electron chi connectivity index (χ3n) is 3.98. The zero-order valence-corrected chi connectivity index (χ0v) is 13.6. The standard InChI is InChI=1S/C17H12N6S/c1-22-8-12(7-20-22)14-2-3-15-17(21-14)13(10-24-15)11-6-18-16-4-5-19-23(16)9-11/h2-10H,1H3. The van der Waals surface area contributed by atoms with Crippen molar-refractivity contribution in [3.63, 3.8) is 0 Å². The molecule has 0 radical (unpaired) electrons. The van der Waals surface area contributed by atoms with Gasteiger partial charge in [-0.3, -0.25) is 4.68 Å². The van der Waals surface area contributed by atoms with Crippen LogP contribution in [0.3, 0.4) is 0 Å². The molecule has 0 spiro atoms. The van der Waals surface area contributed by atoms with Crippen LogP contribution in [0.2, 0.25) is 0 Å². The van der Waals surface area contributed by atoms with E-state index in [1.807, 2.05) is 44.0 Å². The van der Waals surface area contributed by atoms with Crippen molar-refractivity contribution in [3.8, 4) is 22.4 Å². The van der Waals surface area contributed by atoms with Gasteiger partial charge in [0.25, 0.3) is 0 Å². The number of aryl methyl sites for hydroxylation is 1. The molecule has 0 aliphatic carbocycles. The molecule has 5 heterocycles. The largest absolute Gasteiger partial charge is 0.275 e. The molecule has 0 saturated heterocycles. The molecular weight excluding hydrogens is 320 g/mol. The quantitative estimate of drug-likeness (QED) is 0.497. The van der Waals surface area contributed by atoms with E-state index in [9.17, 15) is 0 Å². The summed E-state index contributed by atoms with van der Waals surface area (Å²) in [4.78, 5) is 9.31. The first-order valence-electron chi connectivity index (χ1n) is 7.45. The number of rotatable bonds is 2. The topological polar surface area (TPSA) is 60.9 Å². The van der Waals surface area contributed by atoms with Crippen LogP contribution in [-0.4, -0.2) is 29.4 Å². The normalized spacial score (nSPS) is 11.5. The fourth-order valence-corrected chi connectivity index (χ4v) is 3.69. The summed E-state index contributed by atoms with van der Waals surface area (Å²) in [5.41, 5.74) is 5.83. The predicted octanol–water partition coefficient (Wildman–Crippen LogP) is 3.41. The molecule has 5 aromatic heterocycles. The third kappa shape index (κ3) is 2.02. The zero-order chi connectivity index (χ0) is 16.1. The molecule has 0 atom stereocenters. The Kier molecular flexibility index (Phi) is 2.77. The third-order valence-corrected chi connectivity index (χ3v) is 4.91. The van der Waals surface area contributed by atoms with E-state index in [0.29, 0.717) is 0 Å². The van der Waals surface area contributed by atoms with Crippen LogP contribution in [0.25, 0.3) is 38.2 Å². The van der Waals surface area contributed by atoms with Crippen molar-refractivity contribution in [1.82, 2.24) is 29.4 Å². The van der Waals surface area contributed by atoms with Crippen LogP contribution in [-0.2, 0) is 7.05 Å². The summed E-state index contributed by atoms with van der Waals surface area (Å²) in [6.45, 7) is 0. The molecule has 0 bridgehead atoms. The fraction of sp³-hybridized carbons (Fsp3) is 0.0588. The highest BCUT2D eigenvalue weighted by atomic mass is 32.1. The van der Waals surface area contributed by atoms with E-state index >= 15 is 0 Å². The van der Waals surface area contributed by atoms with Crippen molar-refractivity contribution >= 4 is 27.2 Å². The molecule has 24 heavy (non-hydrogen) atoms. The maximum atomic E-state index is 4.86. The van der Waals surface area contributed by atoms with Gasteiger partial charge in [-0.15, -0.1) is 11.3 Å². The van der Waals surface area contributed by atoms with Crippen molar-refractivity contribution in [3.05, 3.63) is 54.6 Å². The highest BCUT2D eigenvalue weighted by Gasteiger charge is 2.12. The number of nitrogens with zero attached hydrogens (tertiary/aromatic N) is 6. The van der Waals surface area contributed by atoms with E-state index < -0.39 is 0 Å². The number of hydrogen-bond acceptors (Lipinski definition) is 5. The minimum Gasteiger partial charge on any atom is -0.275 e. The van der Waals surface area contributed by atoms with Gasteiger partial charge in [0, 0.05) is 53.8 Å². The van der Waals surface area contributed by atoms with Crippen LogP contribution in [0.1, 0.15) is 0 Å². The maximum absolute atomic E-state index is 4.86. The summed E-state index contributed by atoms with van der Waals surface area (Å²) >= 11 is 1.68. The van der Waals surface area contributed by atoms with Crippen LogP contribution in [0.4, 0.5) is 0 Å². The minimum absolute atomic E-state index is 0.835. The minimum atomic E-state index is 0.835. The van der Waals surface area contributed by atoms with E-state index in [1.54, 1.807) is 26.7 Å². The number of pyridine rings is 1. The lowest BCUT2D eigenvalue weighted by Gasteiger charge is -2.02. The first kappa shape index (κ1) is 13.4. The molecule has 5 aromatic rings. The second-order valence-electron chi connectivity index (χ2n) is 5.57. The van der Waals surface area contributed by atoms with Gasteiger partial charge in [-0.2, -0.15) is 10.2 Å². The van der Waals surface area contributed by atoms with Crippen LogP contribution < -0.4 is 0 Å². The highest BCUT2D eigenvalue weighted by Crippen LogP contribution is 2.34.